The normalized spacial score (nSPS) is 10.8. The standard InChI is InChI=1S/C24H22N4O/c29-24(23(20-7-3-1-4-8-20)21-9-5-2-6-10-21)26-16-18-28-17-13-22(27-28)19-11-14-25-15-12-19/h1-15,17,23H,16,18H2,(H,26,29). The van der Waals surface area contributed by atoms with E-state index in [-0.39, 0.29) is 11.8 Å². The van der Waals surface area contributed by atoms with Crippen molar-refractivity contribution in [3.05, 3.63) is 109 Å². The first-order valence-corrected chi connectivity index (χ1v) is 9.63. The largest absolute Gasteiger partial charge is 0.353 e. The number of amides is 1. The number of nitrogens with zero attached hydrogens (tertiary/aromatic N) is 3. The van der Waals surface area contributed by atoms with Gasteiger partial charge in [-0.1, -0.05) is 60.7 Å². The van der Waals surface area contributed by atoms with Crippen LogP contribution in [0.1, 0.15) is 17.0 Å². The summed E-state index contributed by atoms with van der Waals surface area (Å²) >= 11 is 0. The van der Waals surface area contributed by atoms with Gasteiger partial charge in [0.1, 0.15) is 0 Å². The molecule has 2 aromatic carbocycles. The molecule has 0 aliphatic carbocycles. The van der Waals surface area contributed by atoms with Gasteiger partial charge in [0, 0.05) is 30.7 Å². The lowest BCUT2D eigenvalue weighted by atomic mass is 9.90. The highest BCUT2D eigenvalue weighted by Crippen LogP contribution is 2.24. The minimum Gasteiger partial charge on any atom is -0.353 e. The number of nitrogens with one attached hydrogen (secondary N) is 1. The van der Waals surface area contributed by atoms with E-state index in [0.29, 0.717) is 13.1 Å². The van der Waals surface area contributed by atoms with Gasteiger partial charge in [-0.3, -0.25) is 14.5 Å². The van der Waals surface area contributed by atoms with E-state index >= 15 is 0 Å². The first kappa shape index (κ1) is 18.6. The van der Waals surface area contributed by atoms with Gasteiger partial charge in [-0.25, -0.2) is 0 Å². The molecule has 2 heterocycles. The molecule has 1 N–H and O–H groups in total. The zero-order valence-corrected chi connectivity index (χ0v) is 16.0. The van der Waals surface area contributed by atoms with Crippen molar-refractivity contribution in [2.75, 3.05) is 6.54 Å². The lowest BCUT2D eigenvalue weighted by Crippen LogP contribution is -2.32. The summed E-state index contributed by atoms with van der Waals surface area (Å²) in [5, 5.41) is 7.64. The third-order valence-corrected chi connectivity index (χ3v) is 4.78. The molecule has 0 saturated carbocycles. The minimum atomic E-state index is -0.331. The molecule has 2 aromatic heterocycles. The van der Waals surface area contributed by atoms with Crippen molar-refractivity contribution in [3.63, 3.8) is 0 Å². The van der Waals surface area contributed by atoms with E-state index in [1.807, 2.05) is 89.7 Å². The van der Waals surface area contributed by atoms with E-state index in [1.165, 1.54) is 0 Å². The zero-order valence-electron chi connectivity index (χ0n) is 16.0. The van der Waals surface area contributed by atoms with Crippen molar-refractivity contribution in [2.24, 2.45) is 0 Å². The number of pyridine rings is 1. The SMILES string of the molecule is O=C(NCCn1ccc(-c2ccncc2)n1)C(c1ccccc1)c1ccccc1. The highest BCUT2D eigenvalue weighted by Gasteiger charge is 2.22. The fraction of sp³-hybridized carbons (Fsp3) is 0.125. The van der Waals surface area contributed by atoms with Crippen LogP contribution in [0.2, 0.25) is 0 Å². The Morgan fingerprint density at radius 3 is 2.10 bits per heavy atom. The van der Waals surface area contributed by atoms with Crippen LogP contribution in [0, 0.1) is 0 Å². The fourth-order valence-electron chi connectivity index (χ4n) is 3.34. The van der Waals surface area contributed by atoms with Gasteiger partial charge in [-0.2, -0.15) is 5.10 Å². The van der Waals surface area contributed by atoms with Crippen LogP contribution in [-0.2, 0) is 11.3 Å². The number of carbonyl (C=O) groups excluding carboxylic acids is 1. The van der Waals surface area contributed by atoms with Gasteiger partial charge in [0.15, 0.2) is 0 Å². The maximum atomic E-state index is 13.0. The molecular formula is C24H22N4O. The average molecular weight is 382 g/mol. The van der Waals surface area contributed by atoms with Crippen molar-refractivity contribution in [2.45, 2.75) is 12.5 Å². The average Bonchev–Trinajstić information content (AvgIpc) is 3.25. The van der Waals surface area contributed by atoms with E-state index in [4.69, 9.17) is 0 Å². The predicted octanol–water partition coefficient (Wildman–Crippen LogP) is 3.89. The van der Waals surface area contributed by atoms with E-state index in [1.54, 1.807) is 12.4 Å². The number of carbonyl (C=O) groups is 1. The van der Waals surface area contributed by atoms with Crippen LogP contribution < -0.4 is 5.32 Å². The Hall–Kier alpha value is -3.73. The van der Waals surface area contributed by atoms with E-state index in [9.17, 15) is 4.79 Å². The van der Waals surface area contributed by atoms with Gasteiger partial charge in [0.25, 0.3) is 0 Å². The van der Waals surface area contributed by atoms with Gasteiger partial charge >= 0.3 is 0 Å². The van der Waals surface area contributed by atoms with Gasteiger partial charge in [-0.05, 0) is 29.3 Å². The lowest BCUT2D eigenvalue weighted by Gasteiger charge is -2.18. The lowest BCUT2D eigenvalue weighted by molar-refractivity contribution is -0.121. The zero-order chi connectivity index (χ0) is 19.9. The van der Waals surface area contributed by atoms with Crippen LogP contribution >= 0.6 is 0 Å². The Bertz CT molecular complexity index is 1010. The van der Waals surface area contributed by atoms with Gasteiger partial charge in [0.05, 0.1) is 18.2 Å². The van der Waals surface area contributed by atoms with Crippen molar-refractivity contribution >= 4 is 5.91 Å². The molecule has 4 aromatic rings. The topological polar surface area (TPSA) is 59.8 Å². The number of hydrogen-bond acceptors (Lipinski definition) is 3. The second-order valence-corrected chi connectivity index (χ2v) is 6.75. The molecule has 0 unspecified atom stereocenters. The number of rotatable bonds is 7. The highest BCUT2D eigenvalue weighted by molar-refractivity contribution is 5.87. The third-order valence-electron chi connectivity index (χ3n) is 4.78. The summed E-state index contributed by atoms with van der Waals surface area (Å²) in [6.07, 6.45) is 5.43. The third kappa shape index (κ3) is 4.58. The molecule has 0 aliphatic rings. The van der Waals surface area contributed by atoms with Gasteiger partial charge in [-0.15, -0.1) is 0 Å². The molecular weight excluding hydrogens is 360 g/mol. The summed E-state index contributed by atoms with van der Waals surface area (Å²) in [7, 11) is 0. The number of aromatic nitrogens is 3. The molecule has 0 bridgehead atoms. The second kappa shape index (κ2) is 8.97. The molecule has 29 heavy (non-hydrogen) atoms. The monoisotopic (exact) mass is 382 g/mol. The Labute approximate surface area is 170 Å². The van der Waals surface area contributed by atoms with Gasteiger partial charge < -0.3 is 5.32 Å². The molecule has 1 amide bonds. The van der Waals surface area contributed by atoms with Crippen molar-refractivity contribution in [1.82, 2.24) is 20.1 Å². The molecule has 0 aliphatic heterocycles. The molecule has 0 saturated heterocycles. The quantitative estimate of drug-likeness (QED) is 0.527. The Balaban J connectivity index is 1.42. The molecule has 5 heteroatoms. The van der Waals surface area contributed by atoms with E-state index < -0.39 is 0 Å². The molecule has 5 nitrogen and oxygen atoms in total. The van der Waals surface area contributed by atoms with E-state index in [2.05, 4.69) is 15.4 Å². The molecule has 144 valence electrons. The number of hydrogen-bond donors (Lipinski definition) is 1. The summed E-state index contributed by atoms with van der Waals surface area (Å²) in [5.41, 5.74) is 3.88. The van der Waals surface area contributed by atoms with Crippen LogP contribution in [0.25, 0.3) is 11.3 Å². The van der Waals surface area contributed by atoms with Crippen molar-refractivity contribution < 1.29 is 4.79 Å². The van der Waals surface area contributed by atoms with Crippen LogP contribution in [-0.4, -0.2) is 27.2 Å². The maximum absolute atomic E-state index is 13.0. The first-order chi connectivity index (χ1) is 14.3. The van der Waals surface area contributed by atoms with E-state index in [0.717, 1.165) is 22.4 Å². The van der Waals surface area contributed by atoms with Crippen LogP contribution in [0.3, 0.4) is 0 Å². The minimum absolute atomic E-state index is 0.0103. The Morgan fingerprint density at radius 2 is 1.48 bits per heavy atom. The van der Waals surface area contributed by atoms with Crippen LogP contribution in [0.15, 0.2) is 97.5 Å². The molecule has 0 atom stereocenters. The fourth-order valence-corrected chi connectivity index (χ4v) is 3.34. The first-order valence-electron chi connectivity index (χ1n) is 9.63. The second-order valence-electron chi connectivity index (χ2n) is 6.75. The summed E-state index contributed by atoms with van der Waals surface area (Å²) < 4.78 is 1.84. The summed E-state index contributed by atoms with van der Waals surface area (Å²) in [6.45, 7) is 1.11. The predicted molar refractivity (Wildman–Crippen MR) is 113 cm³/mol. The molecule has 4 rings (SSSR count). The highest BCUT2D eigenvalue weighted by atomic mass is 16.1. The van der Waals surface area contributed by atoms with Crippen LogP contribution in [0.5, 0.6) is 0 Å². The van der Waals surface area contributed by atoms with Crippen LogP contribution in [0.4, 0.5) is 0 Å². The molecule has 0 fully saturated rings. The van der Waals surface area contributed by atoms with Crippen molar-refractivity contribution in [3.8, 4) is 11.3 Å². The molecule has 0 radical (unpaired) electrons. The van der Waals surface area contributed by atoms with Crippen molar-refractivity contribution in [1.29, 1.82) is 0 Å². The maximum Gasteiger partial charge on any atom is 0.232 e. The van der Waals surface area contributed by atoms with Gasteiger partial charge in [0.2, 0.25) is 5.91 Å². The summed E-state index contributed by atoms with van der Waals surface area (Å²) in [4.78, 5) is 17.0. The summed E-state index contributed by atoms with van der Waals surface area (Å²) in [6, 6.07) is 25.6. The molecule has 0 spiro atoms. The number of benzene rings is 2. The Kier molecular flexibility index (Phi) is 5.76. The smallest absolute Gasteiger partial charge is 0.232 e. The Morgan fingerprint density at radius 1 is 0.862 bits per heavy atom. The summed E-state index contributed by atoms with van der Waals surface area (Å²) in [5.74, 6) is -0.341.